The minimum atomic E-state index is 0.149. The van der Waals surface area contributed by atoms with Crippen molar-refractivity contribution in [2.45, 2.75) is 38.6 Å². The van der Waals surface area contributed by atoms with Gasteiger partial charge in [0.2, 0.25) is 5.91 Å². The lowest BCUT2D eigenvalue weighted by Crippen LogP contribution is -2.39. The van der Waals surface area contributed by atoms with Gasteiger partial charge in [-0.3, -0.25) is 4.79 Å². The zero-order valence-electron chi connectivity index (χ0n) is 11.5. The third kappa shape index (κ3) is 5.50. The van der Waals surface area contributed by atoms with Gasteiger partial charge >= 0.3 is 0 Å². The number of rotatable bonds is 6. The monoisotopic (exact) mass is 241 g/mol. The first-order valence-electron chi connectivity index (χ1n) is 6.76. The summed E-state index contributed by atoms with van der Waals surface area (Å²) in [6.07, 6.45) is 5.20. The Morgan fingerprint density at radius 1 is 1.41 bits per heavy atom. The SMILES string of the molecule is CC1CCCCN1CCCNCC(=O)N(C)C. The number of hydrogen-bond acceptors (Lipinski definition) is 3. The van der Waals surface area contributed by atoms with Crippen molar-refractivity contribution < 1.29 is 4.79 Å². The molecule has 4 nitrogen and oxygen atoms in total. The second-order valence-electron chi connectivity index (χ2n) is 5.20. The molecule has 0 radical (unpaired) electrons. The second kappa shape index (κ2) is 7.67. The van der Waals surface area contributed by atoms with E-state index in [1.165, 1.54) is 25.8 Å². The Labute approximate surface area is 105 Å². The van der Waals surface area contributed by atoms with E-state index >= 15 is 0 Å². The van der Waals surface area contributed by atoms with E-state index < -0.39 is 0 Å². The number of piperidine rings is 1. The Bertz CT molecular complexity index is 231. The van der Waals surface area contributed by atoms with Crippen LogP contribution >= 0.6 is 0 Å². The molecule has 0 aromatic rings. The van der Waals surface area contributed by atoms with Crippen LogP contribution in [0, 0.1) is 0 Å². The fourth-order valence-corrected chi connectivity index (χ4v) is 2.25. The average Bonchev–Trinajstić information content (AvgIpc) is 2.30. The average molecular weight is 241 g/mol. The normalized spacial score (nSPS) is 21.5. The van der Waals surface area contributed by atoms with E-state index in [1.54, 1.807) is 19.0 Å². The lowest BCUT2D eigenvalue weighted by Gasteiger charge is -2.33. The van der Waals surface area contributed by atoms with Gasteiger partial charge in [0.15, 0.2) is 0 Å². The topological polar surface area (TPSA) is 35.6 Å². The molecule has 0 spiro atoms. The van der Waals surface area contributed by atoms with Crippen molar-refractivity contribution in [3.05, 3.63) is 0 Å². The summed E-state index contributed by atoms with van der Waals surface area (Å²) in [5.74, 6) is 0.149. The summed E-state index contributed by atoms with van der Waals surface area (Å²) >= 11 is 0. The van der Waals surface area contributed by atoms with E-state index in [-0.39, 0.29) is 5.91 Å². The number of carbonyl (C=O) groups excluding carboxylic acids is 1. The van der Waals surface area contributed by atoms with E-state index in [9.17, 15) is 4.79 Å². The molecule has 1 amide bonds. The number of likely N-dealkylation sites (N-methyl/N-ethyl adjacent to an activating group) is 1. The second-order valence-corrected chi connectivity index (χ2v) is 5.20. The Balaban J connectivity index is 2.02. The van der Waals surface area contributed by atoms with E-state index in [0.717, 1.165) is 25.6 Å². The molecule has 1 N–H and O–H groups in total. The van der Waals surface area contributed by atoms with Gasteiger partial charge in [-0.2, -0.15) is 0 Å². The molecule has 1 heterocycles. The third-order valence-corrected chi connectivity index (χ3v) is 3.51. The fraction of sp³-hybridized carbons (Fsp3) is 0.923. The molecule has 17 heavy (non-hydrogen) atoms. The highest BCUT2D eigenvalue weighted by Gasteiger charge is 2.16. The maximum absolute atomic E-state index is 11.3. The van der Waals surface area contributed by atoms with Gasteiger partial charge in [-0.1, -0.05) is 6.42 Å². The molecule has 0 aliphatic carbocycles. The first kappa shape index (κ1) is 14.5. The molecule has 1 aliphatic rings. The summed E-state index contributed by atoms with van der Waals surface area (Å²) in [6.45, 7) is 6.12. The first-order chi connectivity index (χ1) is 8.11. The number of amides is 1. The van der Waals surface area contributed by atoms with Crippen LogP contribution in [0.2, 0.25) is 0 Å². The van der Waals surface area contributed by atoms with Crippen molar-refractivity contribution in [1.82, 2.24) is 15.1 Å². The Morgan fingerprint density at radius 3 is 2.82 bits per heavy atom. The largest absolute Gasteiger partial charge is 0.348 e. The molecule has 1 saturated heterocycles. The van der Waals surface area contributed by atoms with Crippen molar-refractivity contribution in [3.8, 4) is 0 Å². The number of hydrogen-bond donors (Lipinski definition) is 1. The van der Waals surface area contributed by atoms with E-state index in [1.807, 2.05) is 0 Å². The van der Waals surface area contributed by atoms with Crippen molar-refractivity contribution in [3.63, 3.8) is 0 Å². The molecule has 100 valence electrons. The summed E-state index contributed by atoms with van der Waals surface area (Å²) in [5, 5.41) is 3.20. The van der Waals surface area contributed by atoms with Crippen LogP contribution in [0.5, 0.6) is 0 Å². The molecule has 4 heteroatoms. The number of likely N-dealkylation sites (tertiary alicyclic amines) is 1. The molecular weight excluding hydrogens is 214 g/mol. The zero-order chi connectivity index (χ0) is 12.7. The third-order valence-electron chi connectivity index (χ3n) is 3.51. The standard InChI is InChI=1S/C13H27N3O/c1-12-7-4-5-9-16(12)10-6-8-14-11-13(17)15(2)3/h12,14H,4-11H2,1-3H3. The van der Waals surface area contributed by atoms with Gasteiger partial charge in [0, 0.05) is 20.1 Å². The number of nitrogens with one attached hydrogen (secondary N) is 1. The van der Waals surface area contributed by atoms with E-state index in [4.69, 9.17) is 0 Å². The van der Waals surface area contributed by atoms with Gasteiger partial charge < -0.3 is 15.1 Å². The minimum Gasteiger partial charge on any atom is -0.348 e. The Hall–Kier alpha value is -0.610. The first-order valence-corrected chi connectivity index (χ1v) is 6.76. The van der Waals surface area contributed by atoms with Crippen LogP contribution in [0.3, 0.4) is 0 Å². The van der Waals surface area contributed by atoms with Gasteiger partial charge in [0.05, 0.1) is 6.54 Å². The summed E-state index contributed by atoms with van der Waals surface area (Å²) in [5.41, 5.74) is 0. The van der Waals surface area contributed by atoms with Gasteiger partial charge in [-0.25, -0.2) is 0 Å². The fourth-order valence-electron chi connectivity index (χ4n) is 2.25. The number of carbonyl (C=O) groups is 1. The molecule has 1 aliphatic heterocycles. The Morgan fingerprint density at radius 2 is 2.18 bits per heavy atom. The maximum Gasteiger partial charge on any atom is 0.236 e. The molecule has 1 unspecified atom stereocenters. The van der Waals surface area contributed by atoms with E-state index in [0.29, 0.717) is 6.54 Å². The molecular formula is C13H27N3O. The van der Waals surface area contributed by atoms with Gasteiger partial charge in [0.25, 0.3) is 0 Å². The van der Waals surface area contributed by atoms with Gasteiger partial charge in [-0.15, -0.1) is 0 Å². The molecule has 0 bridgehead atoms. The predicted octanol–water partition coefficient (Wildman–Crippen LogP) is 0.929. The van der Waals surface area contributed by atoms with Crippen LogP contribution in [0.1, 0.15) is 32.6 Å². The van der Waals surface area contributed by atoms with E-state index in [2.05, 4.69) is 17.1 Å². The minimum absolute atomic E-state index is 0.149. The summed E-state index contributed by atoms with van der Waals surface area (Å²) < 4.78 is 0. The molecule has 0 aromatic heterocycles. The van der Waals surface area contributed by atoms with Crippen molar-refractivity contribution in [2.75, 3.05) is 40.3 Å². The lowest BCUT2D eigenvalue weighted by atomic mass is 10.0. The zero-order valence-corrected chi connectivity index (χ0v) is 11.5. The van der Waals surface area contributed by atoms with Gasteiger partial charge in [-0.05, 0) is 45.8 Å². The van der Waals surface area contributed by atoms with Crippen LogP contribution < -0.4 is 5.32 Å². The highest BCUT2D eigenvalue weighted by Crippen LogP contribution is 2.15. The summed E-state index contributed by atoms with van der Waals surface area (Å²) in [6, 6.07) is 0.743. The van der Waals surface area contributed by atoms with Crippen LogP contribution in [-0.2, 0) is 4.79 Å². The highest BCUT2D eigenvalue weighted by molar-refractivity contribution is 5.77. The smallest absolute Gasteiger partial charge is 0.236 e. The molecule has 1 atom stereocenters. The Kier molecular flexibility index (Phi) is 6.52. The lowest BCUT2D eigenvalue weighted by molar-refractivity contribution is -0.127. The molecule has 0 aromatic carbocycles. The maximum atomic E-state index is 11.3. The molecule has 1 rings (SSSR count). The number of nitrogens with zero attached hydrogens (tertiary/aromatic N) is 2. The molecule has 1 fully saturated rings. The van der Waals surface area contributed by atoms with Crippen molar-refractivity contribution in [2.24, 2.45) is 0 Å². The van der Waals surface area contributed by atoms with Crippen LogP contribution in [0.25, 0.3) is 0 Å². The summed E-state index contributed by atoms with van der Waals surface area (Å²) in [7, 11) is 3.58. The quantitative estimate of drug-likeness (QED) is 0.703. The summed E-state index contributed by atoms with van der Waals surface area (Å²) in [4.78, 5) is 15.5. The van der Waals surface area contributed by atoms with Crippen LogP contribution in [-0.4, -0.2) is 62.0 Å². The highest BCUT2D eigenvalue weighted by atomic mass is 16.2. The van der Waals surface area contributed by atoms with Gasteiger partial charge in [0.1, 0.15) is 0 Å². The van der Waals surface area contributed by atoms with Crippen molar-refractivity contribution >= 4 is 5.91 Å². The molecule has 0 saturated carbocycles. The predicted molar refractivity (Wildman–Crippen MR) is 71.1 cm³/mol. The van der Waals surface area contributed by atoms with Crippen LogP contribution in [0.4, 0.5) is 0 Å². The van der Waals surface area contributed by atoms with Crippen LogP contribution in [0.15, 0.2) is 0 Å². The van der Waals surface area contributed by atoms with Crippen molar-refractivity contribution in [1.29, 1.82) is 0 Å².